The minimum atomic E-state index is -5.54. The summed E-state index contributed by atoms with van der Waals surface area (Å²) in [6, 6.07) is 15.5. The van der Waals surface area contributed by atoms with Crippen molar-refractivity contribution in [2.75, 3.05) is 7.11 Å². The van der Waals surface area contributed by atoms with E-state index in [1.807, 2.05) is 0 Å². The summed E-state index contributed by atoms with van der Waals surface area (Å²) in [5.41, 5.74) is 1.55. The van der Waals surface area contributed by atoms with Crippen LogP contribution in [0.3, 0.4) is 0 Å². The molecule has 0 radical (unpaired) electrons. The topological polar surface area (TPSA) is 171 Å². The van der Waals surface area contributed by atoms with E-state index in [1.54, 1.807) is 24.3 Å². The maximum Gasteiger partial charge on any atom is 0.492 e. The van der Waals surface area contributed by atoms with Gasteiger partial charge in [0.25, 0.3) is 10.0 Å². The number of rotatable bonds is 9. The van der Waals surface area contributed by atoms with Crippen LogP contribution in [-0.4, -0.2) is 57.1 Å². The summed E-state index contributed by atoms with van der Waals surface area (Å²) in [6.07, 6.45) is -6.06. The van der Waals surface area contributed by atoms with E-state index in [0.717, 1.165) is 12.1 Å². The van der Waals surface area contributed by atoms with Gasteiger partial charge in [-0.05, 0) is 58.4 Å². The monoisotopic (exact) mass is 654 g/mol. The number of aromatic nitrogens is 2. The van der Waals surface area contributed by atoms with Crippen LogP contribution in [0.1, 0.15) is 34.7 Å². The first-order valence-corrected chi connectivity index (χ1v) is 15.8. The standard InChI is InChI=1S/C27H25F3N4O8S2/c1-41-18-10-12-19(13-11-18)44(39,40)34(42-26(36)27(28,29)30)22(25-31-20-4-2-3-5-21(20)32-25)14-16-6-8-17(9-7-16)23-15-24(35)33-43(23,37)38/h2-13,22-23,37-38H,14-15H2,1H3,(H,31,32)(H,33,35)/t22-,23?/m0/s1. The van der Waals surface area contributed by atoms with E-state index in [4.69, 9.17) is 4.74 Å². The Labute approximate surface area is 250 Å². The van der Waals surface area contributed by atoms with Crippen molar-refractivity contribution >= 4 is 43.7 Å². The van der Waals surface area contributed by atoms with Crippen molar-refractivity contribution < 1.29 is 49.9 Å². The molecule has 0 spiro atoms. The predicted molar refractivity (Wildman–Crippen MR) is 151 cm³/mol. The molecule has 2 heterocycles. The molecule has 0 aliphatic carbocycles. The molecule has 12 nitrogen and oxygen atoms in total. The number of sulfonamides is 1. The second-order valence-electron chi connectivity index (χ2n) is 9.72. The van der Waals surface area contributed by atoms with Crippen molar-refractivity contribution in [1.29, 1.82) is 0 Å². The highest BCUT2D eigenvalue weighted by molar-refractivity contribution is 8.23. The zero-order valence-corrected chi connectivity index (χ0v) is 24.3. The third-order valence-electron chi connectivity index (χ3n) is 6.79. The quantitative estimate of drug-likeness (QED) is 0.185. The molecular formula is C27H25F3N4O8S2. The molecule has 1 aliphatic rings. The number of halogens is 3. The van der Waals surface area contributed by atoms with Gasteiger partial charge in [0, 0.05) is 0 Å². The molecule has 4 aromatic rings. The number of hydrogen-bond acceptors (Lipinski definition) is 9. The van der Waals surface area contributed by atoms with Crippen LogP contribution in [0.4, 0.5) is 13.2 Å². The number of alkyl halides is 3. The maximum atomic E-state index is 13.9. The average Bonchev–Trinajstić information content (AvgIpc) is 3.53. The molecule has 1 saturated heterocycles. The van der Waals surface area contributed by atoms with E-state index in [9.17, 15) is 40.3 Å². The smallest absolute Gasteiger partial charge is 0.492 e. The number of nitrogens with zero attached hydrogens (tertiary/aromatic N) is 2. The number of hydrogen-bond donors (Lipinski definition) is 4. The van der Waals surface area contributed by atoms with Crippen molar-refractivity contribution in [1.82, 2.24) is 19.2 Å². The van der Waals surface area contributed by atoms with E-state index < -0.39 is 55.0 Å². The normalized spacial score (nSPS) is 18.2. The minimum absolute atomic E-state index is 0.0214. The Kier molecular flexibility index (Phi) is 8.34. The molecule has 0 saturated carbocycles. The number of fused-ring (bicyclic) bond motifs is 1. The van der Waals surface area contributed by atoms with Gasteiger partial charge in [-0.25, -0.2) is 18.2 Å². The zero-order chi connectivity index (χ0) is 31.9. The lowest BCUT2D eigenvalue weighted by Crippen LogP contribution is -2.42. The summed E-state index contributed by atoms with van der Waals surface area (Å²) in [5.74, 6) is -3.17. The highest BCUT2D eigenvalue weighted by Crippen LogP contribution is 2.56. The molecule has 1 aromatic heterocycles. The van der Waals surface area contributed by atoms with Crippen LogP contribution in [0.15, 0.2) is 77.7 Å². The van der Waals surface area contributed by atoms with Gasteiger partial charge in [-0.15, -0.1) is 10.8 Å². The van der Waals surface area contributed by atoms with Gasteiger partial charge in [0.15, 0.2) is 0 Å². The Bertz CT molecular complexity index is 1760. The fourth-order valence-corrected chi connectivity index (χ4v) is 7.47. The number of imidazole rings is 1. The maximum absolute atomic E-state index is 13.9. The van der Waals surface area contributed by atoms with E-state index >= 15 is 0 Å². The van der Waals surface area contributed by atoms with Crippen LogP contribution in [-0.2, 0) is 30.9 Å². The van der Waals surface area contributed by atoms with E-state index in [2.05, 4.69) is 19.5 Å². The van der Waals surface area contributed by atoms with Gasteiger partial charge in [0.2, 0.25) is 5.91 Å². The fraction of sp³-hybridized carbons (Fsp3) is 0.222. The van der Waals surface area contributed by atoms with Crippen LogP contribution in [0.2, 0.25) is 0 Å². The van der Waals surface area contributed by atoms with Gasteiger partial charge in [0.1, 0.15) is 22.9 Å². The molecule has 0 bridgehead atoms. The van der Waals surface area contributed by atoms with E-state index in [-0.39, 0.29) is 28.9 Å². The van der Waals surface area contributed by atoms with Gasteiger partial charge >= 0.3 is 12.1 Å². The lowest BCUT2D eigenvalue weighted by Gasteiger charge is -2.33. The van der Waals surface area contributed by atoms with Crippen molar-refractivity contribution in [3.8, 4) is 5.75 Å². The number of amides is 1. The zero-order valence-electron chi connectivity index (χ0n) is 22.7. The van der Waals surface area contributed by atoms with Gasteiger partial charge in [0.05, 0.1) is 29.5 Å². The van der Waals surface area contributed by atoms with Crippen molar-refractivity contribution in [3.63, 3.8) is 0 Å². The molecule has 5 rings (SSSR count). The molecule has 17 heteroatoms. The Balaban J connectivity index is 1.59. The number of para-hydroxylation sites is 2. The average molecular weight is 655 g/mol. The lowest BCUT2D eigenvalue weighted by molar-refractivity contribution is -0.227. The molecule has 4 N–H and O–H groups in total. The number of benzene rings is 3. The minimum Gasteiger partial charge on any atom is -0.497 e. The summed E-state index contributed by atoms with van der Waals surface area (Å²) < 4.78 is 95.6. The highest BCUT2D eigenvalue weighted by atomic mass is 32.3. The molecule has 1 fully saturated rings. The van der Waals surface area contributed by atoms with Crippen molar-refractivity contribution in [3.05, 3.63) is 89.7 Å². The third-order valence-corrected chi connectivity index (χ3v) is 10.2. The number of aromatic amines is 1. The number of H-pyrrole nitrogens is 1. The van der Waals surface area contributed by atoms with Crippen LogP contribution in [0.5, 0.6) is 5.75 Å². The van der Waals surface area contributed by atoms with Gasteiger partial charge in [-0.1, -0.05) is 36.4 Å². The molecular weight excluding hydrogens is 629 g/mol. The first-order chi connectivity index (χ1) is 20.7. The molecule has 1 aliphatic heterocycles. The second kappa shape index (κ2) is 11.7. The summed E-state index contributed by atoms with van der Waals surface area (Å²) in [5, 5.41) is -0.935. The summed E-state index contributed by atoms with van der Waals surface area (Å²) in [7, 11) is -7.08. The largest absolute Gasteiger partial charge is 0.497 e. The molecule has 44 heavy (non-hydrogen) atoms. The summed E-state index contributed by atoms with van der Waals surface area (Å²) in [4.78, 5) is 35.3. The number of carbonyl (C=O) groups excluding carboxylic acids is 2. The summed E-state index contributed by atoms with van der Waals surface area (Å²) >= 11 is 0. The predicted octanol–water partition coefficient (Wildman–Crippen LogP) is 4.79. The SMILES string of the molecule is COc1ccc(S(=O)(=O)N(OC(=O)C(F)(F)F)[C@@H](Cc2ccc(C3CC(=O)NS3(O)O)cc2)c2nc3ccccc3[nH]2)cc1. The molecule has 2 atom stereocenters. The lowest BCUT2D eigenvalue weighted by atomic mass is 10.0. The number of hydroxylamine groups is 1. The Morgan fingerprint density at radius 3 is 2.32 bits per heavy atom. The van der Waals surface area contributed by atoms with Crippen molar-refractivity contribution in [2.45, 2.75) is 35.2 Å². The Hall–Kier alpha value is -4.16. The first kappa shape index (κ1) is 31.3. The van der Waals surface area contributed by atoms with Crippen LogP contribution in [0.25, 0.3) is 11.0 Å². The molecule has 3 aromatic carbocycles. The molecule has 1 unspecified atom stereocenters. The van der Waals surface area contributed by atoms with Crippen LogP contribution >= 0.6 is 10.8 Å². The number of ether oxygens (including phenoxy) is 1. The van der Waals surface area contributed by atoms with Gasteiger partial charge < -0.3 is 14.6 Å². The van der Waals surface area contributed by atoms with Crippen LogP contribution in [0, 0.1) is 0 Å². The van der Waals surface area contributed by atoms with Gasteiger partial charge in [-0.2, -0.15) is 13.2 Å². The number of nitrogens with one attached hydrogen (secondary N) is 2. The van der Waals surface area contributed by atoms with Crippen LogP contribution < -0.4 is 9.46 Å². The first-order valence-electron chi connectivity index (χ1n) is 12.8. The Morgan fingerprint density at radius 2 is 1.75 bits per heavy atom. The second-order valence-corrected chi connectivity index (χ2v) is 13.5. The van der Waals surface area contributed by atoms with Gasteiger partial charge in [-0.3, -0.25) is 18.6 Å². The van der Waals surface area contributed by atoms with Crippen molar-refractivity contribution in [2.24, 2.45) is 0 Å². The van der Waals surface area contributed by atoms with E-state index in [1.165, 1.54) is 43.5 Å². The van der Waals surface area contributed by atoms with E-state index in [0.29, 0.717) is 22.2 Å². The summed E-state index contributed by atoms with van der Waals surface area (Å²) in [6.45, 7) is 0. The number of methoxy groups -OCH3 is 1. The molecule has 1 amide bonds. The number of carbonyl (C=O) groups is 2. The Morgan fingerprint density at radius 1 is 1.09 bits per heavy atom. The molecule has 234 valence electrons. The fourth-order valence-electron chi connectivity index (χ4n) is 4.63. The third kappa shape index (κ3) is 6.36. The highest BCUT2D eigenvalue weighted by Gasteiger charge is 2.47.